The average Bonchev–Trinajstić information content (AvgIpc) is 3.19. The highest BCUT2D eigenvalue weighted by molar-refractivity contribution is 5.99. The predicted molar refractivity (Wildman–Crippen MR) is 112 cm³/mol. The van der Waals surface area contributed by atoms with E-state index >= 15 is 0 Å². The second-order valence-corrected chi connectivity index (χ2v) is 6.63. The van der Waals surface area contributed by atoms with Gasteiger partial charge >= 0.3 is 0 Å². The molecule has 31 heavy (non-hydrogen) atoms. The number of rotatable bonds is 7. The molecular weight excluding hydrogens is 403 g/mol. The highest BCUT2D eigenvalue weighted by atomic mass is 19.1. The van der Waals surface area contributed by atoms with Crippen LogP contribution in [0, 0.1) is 12.7 Å². The third-order valence-corrected chi connectivity index (χ3v) is 4.36. The largest absolute Gasteiger partial charge is 0.497 e. The van der Waals surface area contributed by atoms with Gasteiger partial charge in [0.15, 0.2) is 5.82 Å². The van der Waals surface area contributed by atoms with Gasteiger partial charge in [-0.1, -0.05) is 12.1 Å². The van der Waals surface area contributed by atoms with Gasteiger partial charge in [0.25, 0.3) is 0 Å². The van der Waals surface area contributed by atoms with Crippen molar-refractivity contribution in [2.24, 2.45) is 0 Å². The lowest BCUT2D eigenvalue weighted by Crippen LogP contribution is -2.40. The molecule has 1 atom stereocenters. The number of anilines is 1. The van der Waals surface area contributed by atoms with Crippen molar-refractivity contribution in [3.63, 3.8) is 0 Å². The third kappa shape index (κ3) is 5.50. The number of methoxy groups -OCH3 is 1. The number of tetrazole rings is 1. The van der Waals surface area contributed by atoms with E-state index in [1.165, 1.54) is 29.0 Å². The molecule has 0 spiro atoms. The van der Waals surface area contributed by atoms with Crippen LogP contribution in [0.5, 0.6) is 5.75 Å². The zero-order valence-electron chi connectivity index (χ0n) is 17.2. The Balaban J connectivity index is 1.60. The highest BCUT2D eigenvalue weighted by Crippen LogP contribution is 2.19. The number of halogens is 1. The van der Waals surface area contributed by atoms with Crippen molar-refractivity contribution in [1.82, 2.24) is 25.5 Å². The fraction of sp³-hybridized carbons (Fsp3) is 0.190. The van der Waals surface area contributed by atoms with Crippen LogP contribution in [0.1, 0.15) is 18.3 Å². The summed E-state index contributed by atoms with van der Waals surface area (Å²) in [6.07, 6.45) is 2.96. The van der Waals surface area contributed by atoms with Crippen LogP contribution in [0.3, 0.4) is 0 Å². The van der Waals surface area contributed by atoms with Crippen LogP contribution in [-0.4, -0.2) is 45.2 Å². The van der Waals surface area contributed by atoms with Gasteiger partial charge in [0.1, 0.15) is 23.3 Å². The Hall–Kier alpha value is -4.08. The number of aryl methyl sites for hydroxylation is 1. The molecule has 0 bridgehead atoms. The van der Waals surface area contributed by atoms with Crippen molar-refractivity contribution in [3.8, 4) is 11.4 Å². The summed E-state index contributed by atoms with van der Waals surface area (Å²) in [4.78, 5) is 24.6. The van der Waals surface area contributed by atoms with Crippen LogP contribution in [0.2, 0.25) is 0 Å². The topological polar surface area (TPSA) is 111 Å². The van der Waals surface area contributed by atoms with Crippen molar-refractivity contribution in [2.45, 2.75) is 19.9 Å². The van der Waals surface area contributed by atoms with Crippen molar-refractivity contribution in [2.75, 3.05) is 12.4 Å². The minimum absolute atomic E-state index is 0.0967. The summed E-state index contributed by atoms with van der Waals surface area (Å²) in [5, 5.41) is 16.2. The number of carbonyl (C=O) groups is 2. The van der Waals surface area contributed by atoms with Gasteiger partial charge in [-0.05, 0) is 66.2 Å². The maximum atomic E-state index is 14.1. The van der Waals surface area contributed by atoms with Gasteiger partial charge in [-0.2, -0.15) is 4.68 Å². The van der Waals surface area contributed by atoms with Crippen molar-refractivity contribution in [1.29, 1.82) is 0 Å². The van der Waals surface area contributed by atoms with Gasteiger partial charge in [-0.3, -0.25) is 9.59 Å². The first-order valence-electron chi connectivity index (χ1n) is 9.36. The molecule has 2 N–H and O–H groups in total. The Morgan fingerprint density at radius 3 is 2.58 bits per heavy atom. The molecule has 0 fully saturated rings. The van der Waals surface area contributed by atoms with Crippen molar-refractivity contribution >= 4 is 23.6 Å². The fourth-order valence-electron chi connectivity index (χ4n) is 2.67. The molecule has 0 saturated carbocycles. The Morgan fingerprint density at radius 2 is 1.94 bits per heavy atom. The van der Waals surface area contributed by atoms with Crippen LogP contribution < -0.4 is 15.4 Å². The summed E-state index contributed by atoms with van der Waals surface area (Å²) in [5.74, 6) is -0.323. The molecule has 0 saturated heterocycles. The van der Waals surface area contributed by atoms with Gasteiger partial charge in [0.2, 0.25) is 11.8 Å². The number of hydrogen-bond acceptors (Lipinski definition) is 6. The summed E-state index contributed by atoms with van der Waals surface area (Å²) in [6, 6.07) is 10.4. The van der Waals surface area contributed by atoms with E-state index in [-0.39, 0.29) is 5.69 Å². The number of benzene rings is 2. The summed E-state index contributed by atoms with van der Waals surface area (Å²) in [6.45, 7) is 3.17. The van der Waals surface area contributed by atoms with Crippen molar-refractivity contribution < 1.29 is 18.7 Å². The number of nitrogens with one attached hydrogen (secondary N) is 2. The predicted octanol–water partition coefficient (Wildman–Crippen LogP) is 2.28. The van der Waals surface area contributed by atoms with Gasteiger partial charge < -0.3 is 15.4 Å². The van der Waals surface area contributed by atoms with Crippen LogP contribution in [0.25, 0.3) is 11.8 Å². The van der Waals surface area contributed by atoms with E-state index in [0.717, 1.165) is 5.56 Å². The summed E-state index contributed by atoms with van der Waals surface area (Å²) in [5.41, 5.74) is 1.25. The summed E-state index contributed by atoms with van der Waals surface area (Å²) >= 11 is 0. The number of carbonyl (C=O) groups excluding carboxylic acids is 2. The molecule has 160 valence electrons. The Bertz CT molecular complexity index is 1110. The molecule has 9 nitrogen and oxygen atoms in total. The maximum Gasteiger partial charge on any atom is 0.246 e. The first kappa shape index (κ1) is 21.6. The summed E-state index contributed by atoms with van der Waals surface area (Å²) < 4.78 is 20.5. The van der Waals surface area contributed by atoms with E-state index in [9.17, 15) is 14.0 Å². The van der Waals surface area contributed by atoms with E-state index in [4.69, 9.17) is 4.74 Å². The first-order chi connectivity index (χ1) is 14.9. The Labute approximate surface area is 177 Å². The monoisotopic (exact) mass is 424 g/mol. The van der Waals surface area contributed by atoms with Crippen molar-refractivity contribution in [3.05, 3.63) is 65.7 Å². The number of nitrogens with zero attached hydrogens (tertiary/aromatic N) is 4. The molecule has 0 aliphatic heterocycles. The quantitative estimate of drug-likeness (QED) is 0.563. The van der Waals surface area contributed by atoms with Crippen LogP contribution in [0.4, 0.5) is 10.1 Å². The minimum atomic E-state index is -0.823. The number of amides is 2. The average molecular weight is 424 g/mol. The molecule has 1 unspecified atom stereocenters. The molecule has 2 amide bonds. The Kier molecular flexibility index (Phi) is 6.71. The SMILES string of the molecule is COc1ccc(/C=C/C(=O)NC(C)C(=O)Nc2ccc(F)c(-n3nnnc3C)c2)cc1. The van der Waals surface area contributed by atoms with Crippen LogP contribution in [-0.2, 0) is 9.59 Å². The number of hydrogen-bond donors (Lipinski definition) is 2. The zero-order chi connectivity index (χ0) is 22.4. The number of ether oxygens (including phenoxy) is 1. The van der Waals surface area contributed by atoms with E-state index in [1.807, 2.05) is 0 Å². The molecule has 0 aliphatic rings. The normalized spacial score (nSPS) is 11.9. The van der Waals surface area contributed by atoms with Gasteiger partial charge in [0, 0.05) is 11.8 Å². The standard InChI is InChI=1S/C21H21FN6O3/c1-13(23-20(29)11-6-15-4-8-17(31-3)9-5-15)21(30)24-16-7-10-18(22)19(12-16)28-14(2)25-26-27-28/h4-13H,1-3H3,(H,23,29)(H,24,30)/b11-6+. The molecular formula is C21H21FN6O3. The molecule has 0 aliphatic carbocycles. The van der Waals surface area contributed by atoms with Crippen LogP contribution in [0.15, 0.2) is 48.5 Å². The Morgan fingerprint density at radius 1 is 1.19 bits per heavy atom. The molecule has 0 radical (unpaired) electrons. The lowest BCUT2D eigenvalue weighted by Gasteiger charge is -2.14. The second kappa shape index (κ2) is 9.61. The smallest absolute Gasteiger partial charge is 0.246 e. The second-order valence-electron chi connectivity index (χ2n) is 6.63. The molecule has 10 heteroatoms. The van der Waals surface area contributed by atoms with Gasteiger partial charge in [-0.25, -0.2) is 4.39 Å². The molecule has 2 aromatic carbocycles. The summed E-state index contributed by atoms with van der Waals surface area (Å²) in [7, 11) is 1.57. The molecule has 3 rings (SSSR count). The third-order valence-electron chi connectivity index (χ3n) is 4.36. The minimum Gasteiger partial charge on any atom is -0.497 e. The van der Waals surface area contributed by atoms with E-state index in [0.29, 0.717) is 17.3 Å². The van der Waals surface area contributed by atoms with E-state index < -0.39 is 23.7 Å². The first-order valence-corrected chi connectivity index (χ1v) is 9.36. The number of aromatic nitrogens is 4. The van der Waals surface area contributed by atoms with Gasteiger partial charge in [-0.15, -0.1) is 5.10 Å². The highest BCUT2D eigenvalue weighted by Gasteiger charge is 2.16. The molecule has 1 aromatic heterocycles. The van der Waals surface area contributed by atoms with Gasteiger partial charge in [0.05, 0.1) is 7.11 Å². The maximum absolute atomic E-state index is 14.1. The zero-order valence-corrected chi connectivity index (χ0v) is 17.2. The van der Waals surface area contributed by atoms with Crippen LogP contribution >= 0.6 is 0 Å². The lowest BCUT2D eigenvalue weighted by atomic mass is 10.2. The lowest BCUT2D eigenvalue weighted by molar-refractivity contribution is -0.123. The molecule has 1 heterocycles. The van der Waals surface area contributed by atoms with E-state index in [2.05, 4.69) is 26.2 Å². The van der Waals surface area contributed by atoms with E-state index in [1.54, 1.807) is 51.3 Å². The molecule has 3 aromatic rings. The fourth-order valence-corrected chi connectivity index (χ4v) is 2.67.